The van der Waals surface area contributed by atoms with Gasteiger partial charge >= 0.3 is 0 Å². The van der Waals surface area contributed by atoms with E-state index in [9.17, 15) is 0 Å². The lowest BCUT2D eigenvalue weighted by Gasteiger charge is -2.23. The van der Waals surface area contributed by atoms with Crippen molar-refractivity contribution in [2.24, 2.45) is 0 Å². The molecule has 0 unspecified atom stereocenters. The fraction of sp³-hybridized carbons (Fsp3) is 0.400. The third-order valence-corrected chi connectivity index (χ3v) is 4.46. The summed E-state index contributed by atoms with van der Waals surface area (Å²) in [7, 11) is 0. The van der Waals surface area contributed by atoms with E-state index < -0.39 is 0 Å². The number of hydrogen-bond donors (Lipinski definition) is 1. The van der Waals surface area contributed by atoms with Crippen LogP contribution >= 0.6 is 11.3 Å². The number of nitrogens with one attached hydrogen (secondary N) is 1. The smallest absolute Gasteiger partial charge is 0.0926 e. The van der Waals surface area contributed by atoms with Crippen LogP contribution in [0.5, 0.6) is 0 Å². The van der Waals surface area contributed by atoms with Crippen molar-refractivity contribution in [2.75, 3.05) is 23.3 Å². The number of para-hydroxylation sites is 2. The maximum atomic E-state index is 4.68. The zero-order chi connectivity index (χ0) is 13.1. The Morgan fingerprint density at radius 1 is 1.37 bits per heavy atom. The van der Waals surface area contributed by atoms with Crippen LogP contribution < -0.4 is 10.2 Å². The molecular formula is C15H19N3S. The molecule has 0 atom stereocenters. The number of aryl methyl sites for hydroxylation is 1. The molecule has 4 heteroatoms. The fourth-order valence-corrected chi connectivity index (χ4v) is 3.19. The first-order valence-electron chi connectivity index (χ1n) is 6.88. The van der Waals surface area contributed by atoms with Crippen molar-refractivity contribution in [3.05, 3.63) is 40.3 Å². The summed E-state index contributed by atoms with van der Waals surface area (Å²) in [5.74, 6) is 0. The summed E-state index contributed by atoms with van der Waals surface area (Å²) >= 11 is 1.77. The second-order valence-electron chi connectivity index (χ2n) is 4.81. The fourth-order valence-electron chi connectivity index (χ4n) is 2.46. The SMILES string of the molecule is CCc1nc(CN2CCCNc3ccccc32)cs1. The van der Waals surface area contributed by atoms with E-state index in [1.54, 1.807) is 11.3 Å². The van der Waals surface area contributed by atoms with Crippen molar-refractivity contribution >= 4 is 22.7 Å². The molecule has 0 aliphatic carbocycles. The van der Waals surface area contributed by atoms with Gasteiger partial charge in [0.05, 0.1) is 28.6 Å². The van der Waals surface area contributed by atoms with Crippen molar-refractivity contribution < 1.29 is 0 Å². The van der Waals surface area contributed by atoms with Gasteiger partial charge in [-0.2, -0.15) is 0 Å². The number of anilines is 2. The van der Waals surface area contributed by atoms with E-state index in [0.717, 1.165) is 26.1 Å². The Hall–Kier alpha value is -1.55. The molecule has 0 spiro atoms. The first kappa shape index (κ1) is 12.5. The van der Waals surface area contributed by atoms with Gasteiger partial charge < -0.3 is 10.2 Å². The van der Waals surface area contributed by atoms with Gasteiger partial charge in [0.15, 0.2) is 0 Å². The van der Waals surface area contributed by atoms with E-state index in [0.29, 0.717) is 0 Å². The largest absolute Gasteiger partial charge is 0.383 e. The van der Waals surface area contributed by atoms with E-state index in [-0.39, 0.29) is 0 Å². The number of rotatable bonds is 3. The molecule has 1 aromatic carbocycles. The number of hydrogen-bond acceptors (Lipinski definition) is 4. The van der Waals surface area contributed by atoms with Crippen molar-refractivity contribution in [3.8, 4) is 0 Å². The molecule has 2 heterocycles. The number of fused-ring (bicyclic) bond motifs is 1. The Balaban J connectivity index is 1.83. The third-order valence-electron chi connectivity index (χ3n) is 3.42. The molecule has 0 fully saturated rings. The van der Waals surface area contributed by atoms with Gasteiger partial charge in [0.1, 0.15) is 0 Å². The molecule has 1 aromatic heterocycles. The lowest BCUT2D eigenvalue weighted by Crippen LogP contribution is -2.23. The normalized spacial score (nSPS) is 14.7. The standard InChI is InChI=1S/C15H19N3S/c1-2-15-17-12(11-19-15)10-18-9-5-8-16-13-6-3-4-7-14(13)18/h3-4,6-7,11,16H,2,5,8-10H2,1H3. The molecular weight excluding hydrogens is 254 g/mol. The van der Waals surface area contributed by atoms with E-state index in [1.807, 2.05) is 0 Å². The molecule has 1 aliphatic rings. The van der Waals surface area contributed by atoms with E-state index in [1.165, 1.54) is 28.5 Å². The van der Waals surface area contributed by atoms with Crippen LogP contribution in [0.25, 0.3) is 0 Å². The number of aromatic nitrogens is 1. The van der Waals surface area contributed by atoms with Gasteiger partial charge in [-0.3, -0.25) is 0 Å². The molecule has 0 saturated carbocycles. The van der Waals surface area contributed by atoms with Gasteiger partial charge in [-0.1, -0.05) is 19.1 Å². The van der Waals surface area contributed by atoms with Gasteiger partial charge in [0.25, 0.3) is 0 Å². The summed E-state index contributed by atoms with van der Waals surface area (Å²) in [6.45, 7) is 5.21. The van der Waals surface area contributed by atoms with E-state index in [4.69, 9.17) is 0 Å². The van der Waals surface area contributed by atoms with Crippen molar-refractivity contribution in [1.82, 2.24) is 4.98 Å². The quantitative estimate of drug-likeness (QED) is 0.927. The molecule has 2 aromatic rings. The van der Waals surface area contributed by atoms with Gasteiger partial charge in [0.2, 0.25) is 0 Å². The predicted octanol–water partition coefficient (Wildman–Crippen LogP) is 3.53. The zero-order valence-corrected chi connectivity index (χ0v) is 12.0. The van der Waals surface area contributed by atoms with Gasteiger partial charge in [-0.15, -0.1) is 11.3 Å². The molecule has 19 heavy (non-hydrogen) atoms. The van der Waals surface area contributed by atoms with E-state index in [2.05, 4.69) is 51.8 Å². The molecule has 0 bridgehead atoms. The average molecular weight is 273 g/mol. The topological polar surface area (TPSA) is 28.2 Å². The van der Waals surface area contributed by atoms with Crippen LogP contribution in [0.2, 0.25) is 0 Å². The first-order valence-corrected chi connectivity index (χ1v) is 7.76. The van der Waals surface area contributed by atoms with Crippen molar-refractivity contribution in [1.29, 1.82) is 0 Å². The first-order chi connectivity index (χ1) is 9.36. The summed E-state index contributed by atoms with van der Waals surface area (Å²) < 4.78 is 0. The Bertz CT molecular complexity index is 550. The highest BCUT2D eigenvalue weighted by Crippen LogP contribution is 2.29. The Morgan fingerprint density at radius 2 is 2.26 bits per heavy atom. The summed E-state index contributed by atoms with van der Waals surface area (Å²) in [6, 6.07) is 8.55. The minimum absolute atomic E-state index is 0.912. The van der Waals surface area contributed by atoms with Crippen LogP contribution in [0.1, 0.15) is 24.0 Å². The predicted molar refractivity (Wildman–Crippen MR) is 82.1 cm³/mol. The van der Waals surface area contributed by atoms with Gasteiger partial charge in [0, 0.05) is 18.5 Å². The Kier molecular flexibility index (Phi) is 3.69. The van der Waals surface area contributed by atoms with E-state index >= 15 is 0 Å². The van der Waals surface area contributed by atoms with Gasteiger partial charge in [-0.25, -0.2) is 4.98 Å². The summed E-state index contributed by atoms with van der Waals surface area (Å²) in [4.78, 5) is 7.12. The monoisotopic (exact) mass is 273 g/mol. The van der Waals surface area contributed by atoms with Crippen LogP contribution in [0.15, 0.2) is 29.6 Å². The summed E-state index contributed by atoms with van der Waals surface area (Å²) in [6.07, 6.45) is 2.20. The zero-order valence-electron chi connectivity index (χ0n) is 11.2. The van der Waals surface area contributed by atoms with Crippen LogP contribution in [0.4, 0.5) is 11.4 Å². The second kappa shape index (κ2) is 5.61. The Labute approximate surface area is 118 Å². The van der Waals surface area contributed by atoms with Crippen LogP contribution in [-0.4, -0.2) is 18.1 Å². The van der Waals surface area contributed by atoms with Crippen molar-refractivity contribution in [3.63, 3.8) is 0 Å². The highest BCUT2D eigenvalue weighted by atomic mass is 32.1. The van der Waals surface area contributed by atoms with Crippen LogP contribution in [0, 0.1) is 0 Å². The number of nitrogens with zero attached hydrogens (tertiary/aromatic N) is 2. The molecule has 100 valence electrons. The number of benzene rings is 1. The molecule has 3 rings (SSSR count). The minimum atomic E-state index is 0.912. The molecule has 1 N–H and O–H groups in total. The Morgan fingerprint density at radius 3 is 3.11 bits per heavy atom. The van der Waals surface area contributed by atoms with Crippen LogP contribution in [0.3, 0.4) is 0 Å². The maximum Gasteiger partial charge on any atom is 0.0926 e. The van der Waals surface area contributed by atoms with Crippen LogP contribution in [-0.2, 0) is 13.0 Å². The van der Waals surface area contributed by atoms with Gasteiger partial charge in [-0.05, 0) is 25.0 Å². The highest BCUT2D eigenvalue weighted by molar-refractivity contribution is 7.09. The lowest BCUT2D eigenvalue weighted by molar-refractivity contribution is 0.753. The average Bonchev–Trinajstić information content (AvgIpc) is 2.80. The summed E-state index contributed by atoms with van der Waals surface area (Å²) in [5, 5.41) is 6.92. The lowest BCUT2D eigenvalue weighted by atomic mass is 10.2. The summed E-state index contributed by atoms with van der Waals surface area (Å²) in [5.41, 5.74) is 3.73. The molecule has 0 amide bonds. The molecule has 0 radical (unpaired) electrons. The second-order valence-corrected chi connectivity index (χ2v) is 5.75. The maximum absolute atomic E-state index is 4.68. The molecule has 1 aliphatic heterocycles. The number of thiazole rings is 1. The van der Waals surface area contributed by atoms with Crippen molar-refractivity contribution in [2.45, 2.75) is 26.3 Å². The highest BCUT2D eigenvalue weighted by Gasteiger charge is 2.15. The molecule has 0 saturated heterocycles. The minimum Gasteiger partial charge on any atom is -0.383 e. The third kappa shape index (κ3) is 2.73. The molecule has 3 nitrogen and oxygen atoms in total.